The van der Waals surface area contributed by atoms with Crippen LogP contribution in [-0.2, 0) is 0 Å². The summed E-state index contributed by atoms with van der Waals surface area (Å²) < 4.78 is 5.96. The van der Waals surface area contributed by atoms with Crippen molar-refractivity contribution in [2.75, 3.05) is 0 Å². The van der Waals surface area contributed by atoms with Crippen LogP contribution in [-0.4, -0.2) is 23.0 Å². The molecule has 0 radical (unpaired) electrons. The number of benzene rings is 1. The Bertz CT molecular complexity index is 826. The highest BCUT2D eigenvalue weighted by atomic mass is 35.5. The summed E-state index contributed by atoms with van der Waals surface area (Å²) in [6.07, 6.45) is 4.89. The number of pyridine rings is 1. The standard InChI is InChI=1S/C19H17Cl2N3O2/c20-17-9-16(5-1-12(17)10-22)26-15-6-3-14(4-7-15)24-19(25)13-2-8-18(21)23-11-13/h1-2,5,8-9,11,14-15H,3-4,6-7H2,(H,24,25). The molecule has 5 nitrogen and oxygen atoms in total. The third-order valence-electron chi connectivity index (χ3n) is 4.36. The molecule has 134 valence electrons. The summed E-state index contributed by atoms with van der Waals surface area (Å²) in [6.45, 7) is 0. The van der Waals surface area contributed by atoms with Crippen LogP contribution in [0, 0.1) is 11.3 Å². The Balaban J connectivity index is 1.49. The van der Waals surface area contributed by atoms with Crippen LogP contribution in [0.15, 0.2) is 36.5 Å². The second-order valence-electron chi connectivity index (χ2n) is 6.19. The van der Waals surface area contributed by atoms with Crippen molar-refractivity contribution in [2.24, 2.45) is 0 Å². The molecule has 0 bridgehead atoms. The Morgan fingerprint density at radius 2 is 1.96 bits per heavy atom. The summed E-state index contributed by atoms with van der Waals surface area (Å²) >= 11 is 11.8. The molecule has 1 heterocycles. The van der Waals surface area contributed by atoms with Crippen molar-refractivity contribution in [3.8, 4) is 11.8 Å². The van der Waals surface area contributed by atoms with E-state index in [0.717, 1.165) is 25.7 Å². The molecule has 0 saturated heterocycles. The van der Waals surface area contributed by atoms with Crippen LogP contribution in [0.3, 0.4) is 0 Å². The minimum absolute atomic E-state index is 0.0735. The second kappa shape index (κ2) is 8.39. The van der Waals surface area contributed by atoms with Crippen molar-refractivity contribution in [3.05, 3.63) is 57.8 Å². The van der Waals surface area contributed by atoms with E-state index in [1.165, 1.54) is 6.20 Å². The van der Waals surface area contributed by atoms with Crippen LogP contribution in [0.2, 0.25) is 10.2 Å². The molecule has 1 aromatic carbocycles. The Kier molecular flexibility index (Phi) is 5.97. The first kappa shape index (κ1) is 18.5. The molecule has 0 spiro atoms. The van der Waals surface area contributed by atoms with Crippen molar-refractivity contribution < 1.29 is 9.53 Å². The highest BCUT2D eigenvalue weighted by Crippen LogP contribution is 2.27. The van der Waals surface area contributed by atoms with Gasteiger partial charge in [0.25, 0.3) is 5.91 Å². The lowest BCUT2D eigenvalue weighted by molar-refractivity contribution is 0.0893. The number of hydrogen-bond donors (Lipinski definition) is 1. The Hall–Kier alpha value is -2.29. The first-order chi connectivity index (χ1) is 12.5. The molecule has 2 aromatic rings. The zero-order valence-corrected chi connectivity index (χ0v) is 15.4. The molecule has 1 fully saturated rings. The highest BCUT2D eigenvalue weighted by Gasteiger charge is 2.24. The predicted octanol–water partition coefficient (Wildman–Crippen LogP) is 4.38. The van der Waals surface area contributed by atoms with Gasteiger partial charge in [-0.15, -0.1) is 0 Å². The number of halogens is 2. The first-order valence-corrected chi connectivity index (χ1v) is 9.09. The van der Waals surface area contributed by atoms with Gasteiger partial charge in [-0.05, 0) is 49.9 Å². The summed E-state index contributed by atoms with van der Waals surface area (Å²) in [5.41, 5.74) is 0.933. The van der Waals surface area contributed by atoms with Gasteiger partial charge in [0.15, 0.2) is 0 Å². The maximum atomic E-state index is 12.2. The number of amides is 1. The normalized spacial score (nSPS) is 19.4. The van der Waals surface area contributed by atoms with Crippen molar-refractivity contribution in [3.63, 3.8) is 0 Å². The van der Waals surface area contributed by atoms with E-state index in [9.17, 15) is 4.79 Å². The van der Waals surface area contributed by atoms with E-state index in [0.29, 0.717) is 27.1 Å². The van der Waals surface area contributed by atoms with Gasteiger partial charge in [0, 0.05) is 18.3 Å². The zero-order valence-electron chi connectivity index (χ0n) is 13.9. The summed E-state index contributed by atoms with van der Waals surface area (Å²) in [5.74, 6) is 0.520. The van der Waals surface area contributed by atoms with Crippen LogP contribution in [0.4, 0.5) is 0 Å². The molecule has 0 aliphatic heterocycles. The number of aromatic nitrogens is 1. The van der Waals surface area contributed by atoms with E-state index in [4.69, 9.17) is 33.2 Å². The molecular weight excluding hydrogens is 373 g/mol. The van der Waals surface area contributed by atoms with E-state index in [1.54, 1.807) is 30.3 Å². The summed E-state index contributed by atoms with van der Waals surface area (Å²) in [7, 11) is 0. The molecule has 7 heteroatoms. The molecule has 1 aliphatic carbocycles. The highest BCUT2D eigenvalue weighted by molar-refractivity contribution is 6.31. The zero-order chi connectivity index (χ0) is 18.5. The molecule has 1 N–H and O–H groups in total. The molecule has 3 rings (SSSR count). The lowest BCUT2D eigenvalue weighted by atomic mass is 9.92. The number of nitriles is 1. The maximum Gasteiger partial charge on any atom is 0.253 e. The molecule has 0 atom stereocenters. The van der Waals surface area contributed by atoms with Crippen molar-refractivity contribution >= 4 is 29.1 Å². The second-order valence-corrected chi connectivity index (χ2v) is 6.98. The van der Waals surface area contributed by atoms with Crippen molar-refractivity contribution in [2.45, 2.75) is 37.8 Å². The Morgan fingerprint density at radius 1 is 1.19 bits per heavy atom. The molecule has 1 aromatic heterocycles. The average molecular weight is 390 g/mol. The number of nitrogens with zero attached hydrogens (tertiary/aromatic N) is 2. The molecule has 26 heavy (non-hydrogen) atoms. The van der Waals surface area contributed by atoms with Crippen LogP contribution < -0.4 is 10.1 Å². The number of hydrogen-bond acceptors (Lipinski definition) is 4. The fourth-order valence-corrected chi connectivity index (χ4v) is 3.28. The van der Waals surface area contributed by atoms with Gasteiger partial charge in [-0.3, -0.25) is 4.79 Å². The van der Waals surface area contributed by atoms with Gasteiger partial charge in [0.05, 0.1) is 22.3 Å². The van der Waals surface area contributed by atoms with Gasteiger partial charge in [-0.1, -0.05) is 23.2 Å². The molecule has 1 aliphatic rings. The summed E-state index contributed by atoms with van der Waals surface area (Å²) in [6, 6.07) is 10.5. The molecule has 0 unspecified atom stereocenters. The smallest absolute Gasteiger partial charge is 0.253 e. The van der Waals surface area contributed by atoms with Gasteiger partial charge in [0.1, 0.15) is 17.0 Å². The number of carbonyl (C=O) groups is 1. The van der Waals surface area contributed by atoms with Gasteiger partial charge < -0.3 is 10.1 Å². The van der Waals surface area contributed by atoms with Crippen molar-refractivity contribution in [1.29, 1.82) is 5.26 Å². The minimum atomic E-state index is -0.141. The summed E-state index contributed by atoms with van der Waals surface area (Å²) in [4.78, 5) is 16.2. The van der Waals surface area contributed by atoms with Gasteiger partial charge >= 0.3 is 0 Å². The fourth-order valence-electron chi connectivity index (χ4n) is 2.96. The first-order valence-electron chi connectivity index (χ1n) is 8.34. The van der Waals surface area contributed by atoms with E-state index >= 15 is 0 Å². The quantitative estimate of drug-likeness (QED) is 0.787. The largest absolute Gasteiger partial charge is 0.490 e. The number of nitrogens with one attached hydrogen (secondary N) is 1. The average Bonchev–Trinajstić information content (AvgIpc) is 2.64. The van der Waals surface area contributed by atoms with Crippen molar-refractivity contribution in [1.82, 2.24) is 10.3 Å². The van der Waals surface area contributed by atoms with Crippen LogP contribution in [0.5, 0.6) is 5.75 Å². The topological polar surface area (TPSA) is 75.0 Å². The van der Waals surface area contributed by atoms with Crippen LogP contribution in [0.1, 0.15) is 41.6 Å². The lowest BCUT2D eigenvalue weighted by Gasteiger charge is -2.29. The summed E-state index contributed by atoms with van der Waals surface area (Å²) in [5, 5.41) is 12.7. The Labute approximate surface area is 161 Å². The van der Waals surface area contributed by atoms with E-state index in [2.05, 4.69) is 10.3 Å². The van der Waals surface area contributed by atoms with Gasteiger partial charge in [-0.25, -0.2) is 4.98 Å². The predicted molar refractivity (Wildman–Crippen MR) is 99.6 cm³/mol. The fraction of sp³-hybridized carbons (Fsp3) is 0.316. The number of carbonyl (C=O) groups excluding carboxylic acids is 1. The maximum absolute atomic E-state index is 12.2. The molecule has 1 saturated carbocycles. The lowest BCUT2D eigenvalue weighted by Crippen LogP contribution is -2.39. The third-order valence-corrected chi connectivity index (χ3v) is 4.90. The SMILES string of the molecule is N#Cc1ccc(OC2CCC(NC(=O)c3ccc(Cl)nc3)CC2)cc1Cl. The van der Waals surface area contributed by atoms with Crippen LogP contribution in [0.25, 0.3) is 0 Å². The monoisotopic (exact) mass is 389 g/mol. The van der Waals surface area contributed by atoms with E-state index in [1.807, 2.05) is 6.07 Å². The van der Waals surface area contributed by atoms with E-state index < -0.39 is 0 Å². The van der Waals surface area contributed by atoms with Gasteiger partial charge in [-0.2, -0.15) is 5.26 Å². The van der Waals surface area contributed by atoms with Crippen LogP contribution >= 0.6 is 23.2 Å². The molecule has 1 amide bonds. The number of ether oxygens (including phenoxy) is 1. The van der Waals surface area contributed by atoms with E-state index in [-0.39, 0.29) is 18.1 Å². The number of rotatable bonds is 4. The third kappa shape index (κ3) is 4.66. The molecular formula is C19H17Cl2N3O2. The minimum Gasteiger partial charge on any atom is -0.490 e. The Morgan fingerprint density at radius 3 is 2.58 bits per heavy atom. The van der Waals surface area contributed by atoms with Gasteiger partial charge in [0.2, 0.25) is 0 Å².